The Kier molecular flexibility index (Phi) is 6.02. The molecule has 4 aromatic carbocycles. The van der Waals surface area contributed by atoms with Gasteiger partial charge in [-0.05, 0) is 64.7 Å². The molecule has 0 fully saturated rings. The smallest absolute Gasteiger partial charge is 0.124 e. The predicted octanol–water partition coefficient (Wildman–Crippen LogP) is 8.52. The Hall–Kier alpha value is -5.02. The van der Waals surface area contributed by atoms with Crippen LogP contribution in [0, 0.1) is 0 Å². The van der Waals surface area contributed by atoms with Crippen molar-refractivity contribution < 1.29 is 5.11 Å². The minimum Gasteiger partial charge on any atom is -0.507 e. The maximum atomic E-state index is 10.6. The number of benzene rings is 4. The first-order valence-corrected chi connectivity index (χ1v) is 12.2. The van der Waals surface area contributed by atoms with Gasteiger partial charge in [0.2, 0.25) is 0 Å². The molecule has 6 rings (SSSR count). The molecule has 3 heteroatoms. The molecule has 37 heavy (non-hydrogen) atoms. The van der Waals surface area contributed by atoms with Crippen molar-refractivity contribution in [1.82, 2.24) is 9.97 Å². The summed E-state index contributed by atoms with van der Waals surface area (Å²) in [6.07, 6.45) is 1.80. The molecule has 3 nitrogen and oxygen atoms in total. The Morgan fingerprint density at radius 3 is 1.73 bits per heavy atom. The van der Waals surface area contributed by atoms with E-state index in [-0.39, 0.29) is 5.75 Å². The van der Waals surface area contributed by atoms with E-state index in [9.17, 15) is 5.11 Å². The lowest BCUT2D eigenvalue weighted by atomic mass is 9.97. The normalized spacial score (nSPS) is 10.8. The van der Waals surface area contributed by atoms with Crippen LogP contribution in [0.2, 0.25) is 0 Å². The monoisotopic (exact) mass is 476 g/mol. The largest absolute Gasteiger partial charge is 0.507 e. The zero-order valence-corrected chi connectivity index (χ0v) is 20.1. The van der Waals surface area contributed by atoms with Gasteiger partial charge in [-0.25, -0.2) is 4.98 Å². The molecule has 1 N–H and O–H groups in total. The highest BCUT2D eigenvalue weighted by Gasteiger charge is 2.12. The molecule has 0 radical (unpaired) electrons. The molecule has 0 saturated carbocycles. The Bertz CT molecular complexity index is 1660. The van der Waals surface area contributed by atoms with Crippen LogP contribution in [0.4, 0.5) is 0 Å². The number of nitrogens with zero attached hydrogens (tertiary/aromatic N) is 2. The van der Waals surface area contributed by atoms with Crippen molar-refractivity contribution >= 4 is 0 Å². The summed E-state index contributed by atoms with van der Waals surface area (Å²) >= 11 is 0. The highest BCUT2D eigenvalue weighted by atomic mass is 16.3. The number of aromatic hydroxyl groups is 1. The zero-order chi connectivity index (χ0) is 25.0. The van der Waals surface area contributed by atoms with Crippen LogP contribution in [0.15, 0.2) is 140 Å². The summed E-state index contributed by atoms with van der Waals surface area (Å²) in [6, 6.07) is 44.6. The van der Waals surface area contributed by atoms with Crippen LogP contribution in [-0.4, -0.2) is 15.1 Å². The van der Waals surface area contributed by atoms with E-state index in [1.807, 2.05) is 54.6 Å². The van der Waals surface area contributed by atoms with Crippen LogP contribution in [0.3, 0.4) is 0 Å². The van der Waals surface area contributed by atoms with Gasteiger partial charge in [-0.1, -0.05) is 91.0 Å². The number of hydrogen-bond donors (Lipinski definition) is 1. The number of rotatable bonds is 5. The third kappa shape index (κ3) is 4.75. The molecule has 0 spiro atoms. The fourth-order valence-electron chi connectivity index (χ4n) is 4.53. The molecule has 0 amide bonds. The van der Waals surface area contributed by atoms with E-state index in [2.05, 4.69) is 77.8 Å². The summed E-state index contributed by atoms with van der Waals surface area (Å²) in [5.41, 5.74) is 9.66. The van der Waals surface area contributed by atoms with Crippen molar-refractivity contribution in [1.29, 1.82) is 0 Å². The Labute approximate surface area is 216 Å². The topological polar surface area (TPSA) is 46.0 Å². The second-order valence-corrected chi connectivity index (χ2v) is 8.88. The van der Waals surface area contributed by atoms with Gasteiger partial charge in [-0.15, -0.1) is 0 Å². The van der Waals surface area contributed by atoms with E-state index < -0.39 is 0 Å². The number of hydrogen-bond acceptors (Lipinski definition) is 3. The molecule has 0 atom stereocenters. The Morgan fingerprint density at radius 2 is 1.00 bits per heavy atom. The average molecular weight is 477 g/mol. The fraction of sp³-hybridized carbons (Fsp3) is 0. The molecule has 0 saturated heterocycles. The van der Waals surface area contributed by atoms with E-state index >= 15 is 0 Å². The lowest BCUT2D eigenvalue weighted by Gasteiger charge is -2.12. The van der Waals surface area contributed by atoms with Crippen LogP contribution >= 0.6 is 0 Å². The SMILES string of the molecule is Oc1ccccc1-c1cc(-c2ccc(-c3ccccc3)cc2)cc(-c2cccc(-c3ccccn3)c2)n1. The van der Waals surface area contributed by atoms with Crippen LogP contribution in [0.5, 0.6) is 5.75 Å². The van der Waals surface area contributed by atoms with Crippen molar-refractivity contribution in [3.05, 3.63) is 140 Å². The fourth-order valence-corrected chi connectivity index (χ4v) is 4.53. The molecular weight excluding hydrogens is 452 g/mol. The molecule has 6 aromatic rings. The van der Waals surface area contributed by atoms with Gasteiger partial charge in [-0.3, -0.25) is 4.98 Å². The van der Waals surface area contributed by atoms with Gasteiger partial charge in [0.05, 0.1) is 17.1 Å². The molecule has 0 aliphatic carbocycles. The van der Waals surface area contributed by atoms with Gasteiger partial charge in [0, 0.05) is 22.9 Å². The number of phenols is 1. The van der Waals surface area contributed by atoms with E-state index in [0.29, 0.717) is 5.56 Å². The predicted molar refractivity (Wildman–Crippen MR) is 151 cm³/mol. The van der Waals surface area contributed by atoms with E-state index in [1.54, 1.807) is 12.3 Å². The van der Waals surface area contributed by atoms with Crippen LogP contribution < -0.4 is 0 Å². The highest BCUT2D eigenvalue weighted by Crippen LogP contribution is 2.35. The lowest BCUT2D eigenvalue weighted by molar-refractivity contribution is 0.477. The second kappa shape index (κ2) is 9.92. The summed E-state index contributed by atoms with van der Waals surface area (Å²) in [6.45, 7) is 0. The Balaban J connectivity index is 1.47. The van der Waals surface area contributed by atoms with Gasteiger partial charge in [0.1, 0.15) is 5.75 Å². The summed E-state index contributed by atoms with van der Waals surface area (Å²) in [5.74, 6) is 0.208. The first kappa shape index (κ1) is 22.4. The Morgan fingerprint density at radius 1 is 0.405 bits per heavy atom. The zero-order valence-electron chi connectivity index (χ0n) is 20.1. The van der Waals surface area contributed by atoms with Crippen molar-refractivity contribution in [2.75, 3.05) is 0 Å². The molecule has 0 aliphatic heterocycles. The van der Waals surface area contributed by atoms with E-state index in [4.69, 9.17) is 4.98 Å². The van der Waals surface area contributed by atoms with Crippen molar-refractivity contribution in [2.45, 2.75) is 0 Å². The third-order valence-corrected chi connectivity index (χ3v) is 6.45. The van der Waals surface area contributed by atoms with Gasteiger partial charge in [-0.2, -0.15) is 0 Å². The highest BCUT2D eigenvalue weighted by molar-refractivity contribution is 5.80. The average Bonchev–Trinajstić information content (AvgIpc) is 2.98. The minimum atomic E-state index is 0.208. The van der Waals surface area contributed by atoms with Gasteiger partial charge in [0.15, 0.2) is 0 Å². The molecular formula is C34H24N2O. The van der Waals surface area contributed by atoms with Crippen molar-refractivity contribution in [3.8, 4) is 61.8 Å². The number of aromatic nitrogens is 2. The maximum Gasteiger partial charge on any atom is 0.124 e. The van der Waals surface area contributed by atoms with Crippen molar-refractivity contribution in [3.63, 3.8) is 0 Å². The van der Waals surface area contributed by atoms with Crippen LogP contribution in [-0.2, 0) is 0 Å². The first-order valence-electron chi connectivity index (χ1n) is 12.2. The summed E-state index contributed by atoms with van der Waals surface area (Å²) < 4.78 is 0. The molecule has 2 heterocycles. The summed E-state index contributed by atoms with van der Waals surface area (Å²) in [5, 5.41) is 10.6. The van der Waals surface area contributed by atoms with Crippen LogP contribution in [0.25, 0.3) is 56.0 Å². The molecule has 0 aliphatic rings. The third-order valence-electron chi connectivity index (χ3n) is 6.45. The molecule has 0 unspecified atom stereocenters. The van der Waals surface area contributed by atoms with Crippen LogP contribution in [0.1, 0.15) is 0 Å². The minimum absolute atomic E-state index is 0.208. The van der Waals surface area contributed by atoms with Gasteiger partial charge < -0.3 is 5.11 Å². The van der Waals surface area contributed by atoms with Crippen molar-refractivity contribution in [2.24, 2.45) is 0 Å². The molecule has 176 valence electrons. The second-order valence-electron chi connectivity index (χ2n) is 8.88. The molecule has 0 bridgehead atoms. The van der Waals surface area contributed by atoms with Gasteiger partial charge >= 0.3 is 0 Å². The number of para-hydroxylation sites is 1. The standard InChI is InChI=1S/C34H24N2O/c37-34-15-5-4-13-30(34)33-23-29(26-18-16-25(17-19-26)24-9-2-1-3-10-24)22-32(36-33)28-12-8-11-27(21-28)31-14-6-7-20-35-31/h1-23,37H. The number of phenolic OH excluding ortho intramolecular Hbond substituents is 1. The molecule has 2 aromatic heterocycles. The lowest BCUT2D eigenvalue weighted by Crippen LogP contribution is -1.92. The van der Waals surface area contributed by atoms with E-state index in [1.165, 1.54) is 11.1 Å². The first-order chi connectivity index (χ1) is 18.2. The van der Waals surface area contributed by atoms with Gasteiger partial charge in [0.25, 0.3) is 0 Å². The summed E-state index contributed by atoms with van der Waals surface area (Å²) in [4.78, 5) is 9.49. The maximum absolute atomic E-state index is 10.6. The number of pyridine rings is 2. The quantitative estimate of drug-likeness (QED) is 0.271. The van der Waals surface area contributed by atoms with E-state index in [0.717, 1.165) is 39.3 Å². The summed E-state index contributed by atoms with van der Waals surface area (Å²) in [7, 11) is 0.